The second kappa shape index (κ2) is 24.8. The molecule has 0 aromatic heterocycles. The number of carbonyl (C=O) groups is 1. The Kier molecular flexibility index (Phi) is 20.3. The number of unbranched alkanes of at least 4 members (excludes halogenated alkanes) is 14. The summed E-state index contributed by atoms with van der Waals surface area (Å²) in [5.74, 6) is 2.90. The zero-order valence-electron chi connectivity index (χ0n) is 30.3. The van der Waals surface area contributed by atoms with Crippen molar-refractivity contribution < 1.29 is 34.0 Å². The Morgan fingerprint density at radius 2 is 0.898 bits per heavy atom. The molecule has 49 heavy (non-hydrogen) atoms. The molecule has 0 amide bonds. The van der Waals surface area contributed by atoms with Gasteiger partial charge in [-0.3, -0.25) is 4.79 Å². The molecule has 1 aliphatic rings. The molecule has 0 spiro atoms. The van der Waals surface area contributed by atoms with Crippen molar-refractivity contribution in [3.05, 3.63) is 58.7 Å². The van der Waals surface area contributed by atoms with Gasteiger partial charge >= 0.3 is 0 Å². The van der Waals surface area contributed by atoms with Crippen molar-refractivity contribution in [2.45, 2.75) is 122 Å². The maximum absolute atomic E-state index is 13.5. The van der Waals surface area contributed by atoms with Crippen molar-refractivity contribution in [3.63, 3.8) is 0 Å². The van der Waals surface area contributed by atoms with Crippen LogP contribution in [0.1, 0.15) is 133 Å². The number of ether oxygens (including phenoxy) is 4. The predicted octanol–water partition coefficient (Wildman–Crippen LogP) is 9.91. The molecule has 7 nitrogen and oxygen atoms in total. The molecule has 2 N–H and O–H groups in total. The summed E-state index contributed by atoms with van der Waals surface area (Å²) < 4.78 is 23.4. The number of aliphatic hydroxyl groups excluding tert-OH is 2. The van der Waals surface area contributed by atoms with Gasteiger partial charge in [0.15, 0.2) is 28.8 Å². The van der Waals surface area contributed by atoms with Gasteiger partial charge in [0.2, 0.25) is 0 Å². The van der Waals surface area contributed by atoms with E-state index in [4.69, 9.17) is 29.2 Å². The van der Waals surface area contributed by atoms with Gasteiger partial charge in [-0.05, 0) is 92.5 Å². The number of aliphatic hydroxyl groups is 2. The van der Waals surface area contributed by atoms with E-state index in [1.165, 1.54) is 51.4 Å². The number of carbonyl (C=O) groups excluding carboxylic acids is 1. The number of hydrogen-bond acceptors (Lipinski definition) is 7. The number of allylic oxidation sites excluding steroid dienone is 2. The molecule has 2 aromatic rings. The summed E-state index contributed by atoms with van der Waals surface area (Å²) in [5.41, 5.74) is 3.47. The molecule has 1 fully saturated rings. The molecule has 7 heteroatoms. The van der Waals surface area contributed by atoms with Gasteiger partial charge in [-0.15, -0.1) is 0 Å². The zero-order chi connectivity index (χ0) is 34.9. The van der Waals surface area contributed by atoms with E-state index in [1.807, 2.05) is 48.6 Å². The van der Waals surface area contributed by atoms with E-state index < -0.39 is 0 Å². The number of rotatable bonds is 26. The fourth-order valence-corrected chi connectivity index (χ4v) is 6.28. The molecule has 0 saturated heterocycles. The molecule has 272 valence electrons. The van der Waals surface area contributed by atoms with Gasteiger partial charge in [0.05, 0.1) is 27.4 Å². The standard InChI is InChI=1S/C42H62O7/c1-46-40-32-34(22-24-38(40)48-28-17-13-9-5-3-7-11-15-26-43)30-36-20-19-21-37(42(36)45)31-35-23-25-39(41(33-35)47-2)49-29-18-14-10-6-4-8-12-16-27-44/h22-25,30-33,43-44H,3-21,26-29H2,1-2H3/b36-30-,37-31+. The summed E-state index contributed by atoms with van der Waals surface area (Å²) in [6.07, 6.45) is 24.5. The lowest BCUT2D eigenvalue weighted by atomic mass is 9.87. The summed E-state index contributed by atoms with van der Waals surface area (Å²) >= 11 is 0. The molecule has 2 aromatic carbocycles. The van der Waals surface area contributed by atoms with Gasteiger partial charge in [0.25, 0.3) is 0 Å². The molecule has 0 radical (unpaired) electrons. The SMILES string of the molecule is COc1cc(/C=C2/CCC/C(=C\c3ccc(OCCCCCCCCCCO)c(OC)c3)C2=O)ccc1OCCCCCCCCCCO. The normalized spacial score (nSPS) is 14.8. The van der Waals surface area contributed by atoms with Crippen LogP contribution in [0.2, 0.25) is 0 Å². The van der Waals surface area contributed by atoms with E-state index in [2.05, 4.69) is 0 Å². The van der Waals surface area contributed by atoms with E-state index in [0.717, 1.165) is 104 Å². The van der Waals surface area contributed by atoms with Crippen molar-refractivity contribution in [2.24, 2.45) is 0 Å². The summed E-state index contributed by atoms with van der Waals surface area (Å²) in [4.78, 5) is 13.5. The fourth-order valence-electron chi connectivity index (χ4n) is 6.28. The second-order valence-electron chi connectivity index (χ2n) is 13.1. The molecular weight excluding hydrogens is 616 g/mol. The third kappa shape index (κ3) is 15.4. The average Bonchev–Trinajstić information content (AvgIpc) is 3.12. The Balaban J connectivity index is 1.49. The summed E-state index contributed by atoms with van der Waals surface area (Å²) in [6, 6.07) is 11.8. The van der Waals surface area contributed by atoms with Gasteiger partial charge < -0.3 is 29.2 Å². The highest BCUT2D eigenvalue weighted by Gasteiger charge is 2.21. The van der Waals surface area contributed by atoms with Crippen LogP contribution in [-0.4, -0.2) is 56.6 Å². The van der Waals surface area contributed by atoms with E-state index in [-0.39, 0.29) is 5.78 Å². The summed E-state index contributed by atoms with van der Waals surface area (Å²) in [5, 5.41) is 17.7. The number of Topliss-reactive ketones (excluding diaryl/α,β-unsaturated/α-hetero) is 1. The summed E-state index contributed by atoms with van der Waals surface area (Å²) in [7, 11) is 3.30. The molecule has 0 bridgehead atoms. The van der Waals surface area contributed by atoms with Gasteiger partial charge in [-0.25, -0.2) is 0 Å². The predicted molar refractivity (Wildman–Crippen MR) is 200 cm³/mol. The number of ketones is 1. The smallest absolute Gasteiger partial charge is 0.185 e. The quantitative estimate of drug-likeness (QED) is 0.0756. The van der Waals surface area contributed by atoms with Crippen LogP contribution >= 0.6 is 0 Å². The van der Waals surface area contributed by atoms with Crippen LogP contribution in [0, 0.1) is 0 Å². The van der Waals surface area contributed by atoms with Crippen molar-refractivity contribution >= 4 is 17.9 Å². The van der Waals surface area contributed by atoms with Crippen LogP contribution in [0.5, 0.6) is 23.0 Å². The Labute approximate surface area is 295 Å². The first-order valence-electron chi connectivity index (χ1n) is 18.9. The second-order valence-corrected chi connectivity index (χ2v) is 13.1. The van der Waals surface area contributed by atoms with Crippen LogP contribution in [0.15, 0.2) is 47.5 Å². The Morgan fingerprint density at radius 1 is 0.531 bits per heavy atom. The molecule has 1 aliphatic carbocycles. The van der Waals surface area contributed by atoms with E-state index in [0.29, 0.717) is 37.9 Å². The van der Waals surface area contributed by atoms with Gasteiger partial charge in [0, 0.05) is 24.4 Å². The minimum absolute atomic E-state index is 0.0895. The first kappa shape index (κ1) is 40.1. The van der Waals surface area contributed by atoms with Crippen molar-refractivity contribution in [1.82, 2.24) is 0 Å². The van der Waals surface area contributed by atoms with E-state index in [1.54, 1.807) is 14.2 Å². The van der Waals surface area contributed by atoms with Crippen molar-refractivity contribution in [3.8, 4) is 23.0 Å². The minimum atomic E-state index is 0.0895. The largest absolute Gasteiger partial charge is 0.493 e. The lowest BCUT2D eigenvalue weighted by Crippen LogP contribution is -2.12. The first-order valence-corrected chi connectivity index (χ1v) is 18.9. The molecule has 1 saturated carbocycles. The topological polar surface area (TPSA) is 94.5 Å². The molecule has 3 rings (SSSR count). The third-order valence-electron chi connectivity index (χ3n) is 9.15. The van der Waals surface area contributed by atoms with Crippen LogP contribution in [-0.2, 0) is 4.79 Å². The Morgan fingerprint density at radius 3 is 1.27 bits per heavy atom. The highest BCUT2D eigenvalue weighted by atomic mass is 16.5. The Bertz CT molecular complexity index is 1190. The molecular formula is C42H62O7. The number of hydrogen-bond donors (Lipinski definition) is 2. The molecule has 0 unspecified atom stereocenters. The van der Waals surface area contributed by atoms with Gasteiger partial charge in [-0.2, -0.15) is 0 Å². The number of benzene rings is 2. The highest BCUT2D eigenvalue weighted by Crippen LogP contribution is 2.34. The maximum atomic E-state index is 13.5. The van der Waals surface area contributed by atoms with Crippen molar-refractivity contribution in [2.75, 3.05) is 40.6 Å². The Hall–Kier alpha value is -3.29. The van der Waals surface area contributed by atoms with Gasteiger partial charge in [0.1, 0.15) is 0 Å². The monoisotopic (exact) mass is 678 g/mol. The molecule has 0 aliphatic heterocycles. The van der Waals surface area contributed by atoms with E-state index >= 15 is 0 Å². The average molecular weight is 679 g/mol. The van der Waals surface area contributed by atoms with Crippen LogP contribution in [0.25, 0.3) is 12.2 Å². The van der Waals surface area contributed by atoms with Crippen LogP contribution in [0.4, 0.5) is 0 Å². The van der Waals surface area contributed by atoms with Gasteiger partial charge in [-0.1, -0.05) is 89.2 Å². The summed E-state index contributed by atoms with van der Waals surface area (Å²) in [6.45, 7) is 1.91. The first-order chi connectivity index (χ1) is 24.1. The lowest BCUT2D eigenvalue weighted by molar-refractivity contribution is -0.112. The van der Waals surface area contributed by atoms with Crippen LogP contribution in [0.3, 0.4) is 0 Å². The number of methoxy groups -OCH3 is 2. The van der Waals surface area contributed by atoms with E-state index in [9.17, 15) is 4.79 Å². The lowest BCUT2D eigenvalue weighted by Gasteiger charge is -2.17. The highest BCUT2D eigenvalue weighted by molar-refractivity contribution is 6.14. The molecule has 0 heterocycles. The minimum Gasteiger partial charge on any atom is -0.493 e. The maximum Gasteiger partial charge on any atom is 0.185 e. The zero-order valence-corrected chi connectivity index (χ0v) is 30.3. The van der Waals surface area contributed by atoms with Crippen LogP contribution < -0.4 is 18.9 Å². The fraction of sp³-hybridized carbons (Fsp3) is 0.595. The van der Waals surface area contributed by atoms with Crippen molar-refractivity contribution in [1.29, 1.82) is 0 Å². The molecule has 0 atom stereocenters. The third-order valence-corrected chi connectivity index (χ3v) is 9.15.